The number of sulfonamides is 1. The molecular formula is C17H22BrN3O3S2. The van der Waals surface area contributed by atoms with Crippen LogP contribution in [0.5, 0.6) is 0 Å². The highest BCUT2D eigenvalue weighted by Crippen LogP contribution is 2.22. The Labute approximate surface area is 166 Å². The summed E-state index contributed by atoms with van der Waals surface area (Å²) < 4.78 is 28.1. The summed E-state index contributed by atoms with van der Waals surface area (Å²) in [6.07, 6.45) is 1.53. The Morgan fingerprint density at radius 3 is 2.54 bits per heavy atom. The van der Waals surface area contributed by atoms with Gasteiger partial charge in [-0.05, 0) is 37.1 Å². The molecular weight excluding hydrogens is 438 g/mol. The first-order valence-corrected chi connectivity index (χ1v) is 11.5. The fourth-order valence-electron chi connectivity index (χ4n) is 2.26. The van der Waals surface area contributed by atoms with Crippen molar-refractivity contribution in [1.29, 1.82) is 0 Å². The fourth-order valence-corrected chi connectivity index (χ4v) is 4.89. The molecule has 0 saturated carbocycles. The smallest absolute Gasteiger partial charge is 0.270 e. The van der Waals surface area contributed by atoms with Gasteiger partial charge in [0.1, 0.15) is 10.7 Å². The van der Waals surface area contributed by atoms with Gasteiger partial charge >= 0.3 is 0 Å². The molecule has 0 unspecified atom stereocenters. The van der Waals surface area contributed by atoms with Crippen molar-refractivity contribution in [2.45, 2.75) is 38.1 Å². The maximum atomic E-state index is 12.9. The zero-order chi connectivity index (χ0) is 19.2. The van der Waals surface area contributed by atoms with Crippen LogP contribution < -0.4 is 5.32 Å². The van der Waals surface area contributed by atoms with E-state index in [-0.39, 0.29) is 17.3 Å². The molecule has 0 fully saturated rings. The van der Waals surface area contributed by atoms with Crippen molar-refractivity contribution >= 4 is 43.2 Å². The summed E-state index contributed by atoms with van der Waals surface area (Å²) in [6, 6.07) is 6.56. The van der Waals surface area contributed by atoms with Crippen molar-refractivity contribution < 1.29 is 13.2 Å². The van der Waals surface area contributed by atoms with Crippen LogP contribution in [0.1, 0.15) is 42.2 Å². The molecule has 1 heterocycles. The van der Waals surface area contributed by atoms with Crippen LogP contribution in [0.25, 0.3) is 0 Å². The van der Waals surface area contributed by atoms with E-state index in [0.29, 0.717) is 30.2 Å². The van der Waals surface area contributed by atoms with E-state index in [2.05, 4.69) is 26.2 Å². The number of amides is 1. The summed E-state index contributed by atoms with van der Waals surface area (Å²) in [7, 11) is -3.62. The van der Waals surface area contributed by atoms with Crippen LogP contribution in [0.15, 0.2) is 39.0 Å². The molecule has 9 heteroatoms. The molecule has 0 atom stereocenters. The van der Waals surface area contributed by atoms with Crippen molar-refractivity contribution in [3.05, 3.63) is 44.8 Å². The molecule has 0 bridgehead atoms. The first-order chi connectivity index (χ1) is 12.4. The van der Waals surface area contributed by atoms with Crippen LogP contribution in [0, 0.1) is 0 Å². The van der Waals surface area contributed by atoms with Crippen molar-refractivity contribution in [1.82, 2.24) is 14.6 Å². The first kappa shape index (κ1) is 21.0. The molecule has 0 aliphatic rings. The third kappa shape index (κ3) is 5.35. The summed E-state index contributed by atoms with van der Waals surface area (Å²) in [6.45, 7) is 5.02. The van der Waals surface area contributed by atoms with E-state index in [1.165, 1.54) is 15.6 Å². The average Bonchev–Trinajstić information content (AvgIpc) is 3.08. The maximum absolute atomic E-state index is 12.9. The van der Waals surface area contributed by atoms with Gasteiger partial charge in [0.05, 0.1) is 11.4 Å². The lowest BCUT2D eigenvalue weighted by atomic mass is 10.4. The molecule has 6 nitrogen and oxygen atoms in total. The van der Waals surface area contributed by atoms with Crippen LogP contribution in [-0.4, -0.2) is 36.7 Å². The molecule has 2 aromatic rings. The van der Waals surface area contributed by atoms with E-state index in [9.17, 15) is 13.2 Å². The number of aromatic nitrogens is 1. The fraction of sp³-hybridized carbons (Fsp3) is 0.412. The van der Waals surface area contributed by atoms with E-state index in [4.69, 9.17) is 0 Å². The lowest BCUT2D eigenvalue weighted by Crippen LogP contribution is -2.31. The van der Waals surface area contributed by atoms with Crippen LogP contribution >= 0.6 is 27.3 Å². The number of halogens is 1. The van der Waals surface area contributed by atoms with Gasteiger partial charge in [-0.1, -0.05) is 29.8 Å². The van der Waals surface area contributed by atoms with Gasteiger partial charge in [-0.15, -0.1) is 11.3 Å². The van der Waals surface area contributed by atoms with E-state index in [1.807, 2.05) is 13.8 Å². The van der Waals surface area contributed by atoms with Crippen molar-refractivity contribution in [3.8, 4) is 0 Å². The molecule has 1 aromatic carbocycles. The number of nitrogens with zero attached hydrogens (tertiary/aromatic N) is 2. The largest absolute Gasteiger partial charge is 0.351 e. The Morgan fingerprint density at radius 1 is 1.23 bits per heavy atom. The minimum absolute atomic E-state index is 0.151. The van der Waals surface area contributed by atoms with Crippen LogP contribution in [-0.2, 0) is 16.6 Å². The molecule has 0 radical (unpaired) electrons. The SMILES string of the molecule is CCCNC(=O)c1csc(CN(CCC)S(=O)(=O)c2ccc(Br)cc2)n1. The van der Waals surface area contributed by atoms with Gasteiger partial charge in [-0.3, -0.25) is 4.79 Å². The summed E-state index contributed by atoms with van der Waals surface area (Å²) in [5.74, 6) is -0.229. The summed E-state index contributed by atoms with van der Waals surface area (Å²) in [4.78, 5) is 16.5. The standard InChI is InChI=1S/C17H22BrN3O3S2/c1-3-9-19-17(22)15-12-25-16(20-15)11-21(10-4-2)26(23,24)14-7-5-13(18)6-8-14/h5-8,12H,3-4,9-11H2,1-2H3,(H,19,22). The number of nitrogens with one attached hydrogen (secondary N) is 1. The van der Waals surface area contributed by atoms with Gasteiger partial charge < -0.3 is 5.32 Å². The van der Waals surface area contributed by atoms with Gasteiger partial charge in [0.25, 0.3) is 5.91 Å². The molecule has 0 aliphatic carbocycles. The second-order valence-corrected chi connectivity index (χ2v) is 9.47. The Bertz CT molecular complexity index is 835. The first-order valence-electron chi connectivity index (χ1n) is 8.36. The zero-order valence-electron chi connectivity index (χ0n) is 14.7. The van der Waals surface area contributed by atoms with Crippen molar-refractivity contribution in [2.24, 2.45) is 0 Å². The Balaban J connectivity index is 2.19. The Hall–Kier alpha value is -1.29. The predicted octanol–water partition coefficient (Wildman–Crippen LogP) is 3.65. The molecule has 1 N–H and O–H groups in total. The van der Waals surface area contributed by atoms with Crippen molar-refractivity contribution in [2.75, 3.05) is 13.1 Å². The minimum Gasteiger partial charge on any atom is -0.351 e. The van der Waals surface area contributed by atoms with Gasteiger partial charge in [0.2, 0.25) is 10.0 Å². The highest BCUT2D eigenvalue weighted by molar-refractivity contribution is 9.10. The van der Waals surface area contributed by atoms with E-state index in [0.717, 1.165) is 10.9 Å². The van der Waals surface area contributed by atoms with Crippen molar-refractivity contribution in [3.63, 3.8) is 0 Å². The van der Waals surface area contributed by atoms with Gasteiger partial charge in [-0.2, -0.15) is 4.31 Å². The number of thiazole rings is 1. The number of hydrogen-bond donors (Lipinski definition) is 1. The molecule has 1 amide bonds. The lowest BCUT2D eigenvalue weighted by Gasteiger charge is -2.20. The summed E-state index contributed by atoms with van der Waals surface area (Å²) in [5.41, 5.74) is 0.330. The summed E-state index contributed by atoms with van der Waals surface area (Å²) >= 11 is 4.61. The summed E-state index contributed by atoms with van der Waals surface area (Å²) in [5, 5.41) is 5.03. The number of carbonyl (C=O) groups is 1. The second-order valence-electron chi connectivity index (χ2n) is 5.67. The molecule has 0 saturated heterocycles. The quantitative estimate of drug-likeness (QED) is 0.620. The average molecular weight is 460 g/mol. The predicted molar refractivity (Wildman–Crippen MR) is 107 cm³/mol. The number of carbonyl (C=O) groups excluding carboxylic acids is 1. The zero-order valence-corrected chi connectivity index (χ0v) is 18.0. The molecule has 26 heavy (non-hydrogen) atoms. The number of rotatable bonds is 9. The number of hydrogen-bond acceptors (Lipinski definition) is 5. The van der Waals surface area contributed by atoms with E-state index < -0.39 is 10.0 Å². The van der Waals surface area contributed by atoms with Gasteiger partial charge in [-0.25, -0.2) is 13.4 Å². The second kappa shape index (κ2) is 9.59. The highest BCUT2D eigenvalue weighted by atomic mass is 79.9. The molecule has 1 aromatic heterocycles. The Morgan fingerprint density at radius 2 is 1.92 bits per heavy atom. The van der Waals surface area contributed by atoms with E-state index >= 15 is 0 Å². The lowest BCUT2D eigenvalue weighted by molar-refractivity contribution is 0.0949. The molecule has 0 spiro atoms. The minimum atomic E-state index is -3.62. The third-order valence-electron chi connectivity index (χ3n) is 3.56. The molecule has 142 valence electrons. The van der Waals surface area contributed by atoms with Gasteiger partial charge in [0, 0.05) is 22.9 Å². The Kier molecular flexibility index (Phi) is 7.75. The van der Waals surface area contributed by atoms with Crippen LogP contribution in [0.3, 0.4) is 0 Å². The van der Waals surface area contributed by atoms with E-state index in [1.54, 1.807) is 29.6 Å². The maximum Gasteiger partial charge on any atom is 0.270 e. The number of benzene rings is 1. The monoisotopic (exact) mass is 459 g/mol. The highest BCUT2D eigenvalue weighted by Gasteiger charge is 2.25. The third-order valence-corrected chi connectivity index (χ3v) is 6.78. The topological polar surface area (TPSA) is 79.4 Å². The normalized spacial score (nSPS) is 11.7. The molecule has 2 rings (SSSR count). The van der Waals surface area contributed by atoms with Gasteiger partial charge in [0.15, 0.2) is 0 Å². The van der Waals surface area contributed by atoms with Crippen LogP contribution in [0.4, 0.5) is 0 Å². The van der Waals surface area contributed by atoms with Crippen LogP contribution in [0.2, 0.25) is 0 Å². The molecule has 0 aliphatic heterocycles.